The third-order valence-corrected chi connectivity index (χ3v) is 2.29. The van der Waals surface area contributed by atoms with Gasteiger partial charge in [-0.05, 0) is 19.1 Å². The van der Waals surface area contributed by atoms with Crippen molar-refractivity contribution in [3.63, 3.8) is 0 Å². The largest absolute Gasteiger partial charge is 0.487 e. The highest BCUT2D eigenvalue weighted by Gasteiger charge is 2.03. The predicted molar refractivity (Wildman–Crippen MR) is 63.1 cm³/mol. The summed E-state index contributed by atoms with van der Waals surface area (Å²) >= 11 is 0. The standard InChI is InChI=1S/C12H15N3O/c1-2-15-12(13)8-10(14-15)9-16-11-6-4-3-5-7-11/h3-8H,2,9,13H2,1H3. The summed E-state index contributed by atoms with van der Waals surface area (Å²) in [6.45, 7) is 3.23. The van der Waals surface area contributed by atoms with Crippen LogP contribution in [0, 0.1) is 0 Å². The first-order chi connectivity index (χ1) is 7.79. The molecule has 84 valence electrons. The van der Waals surface area contributed by atoms with Gasteiger partial charge in [0, 0.05) is 12.6 Å². The van der Waals surface area contributed by atoms with Gasteiger partial charge in [-0.2, -0.15) is 5.10 Å². The van der Waals surface area contributed by atoms with E-state index in [1.54, 1.807) is 4.68 Å². The van der Waals surface area contributed by atoms with E-state index < -0.39 is 0 Å². The van der Waals surface area contributed by atoms with E-state index in [4.69, 9.17) is 10.5 Å². The Balaban J connectivity index is 2.00. The summed E-state index contributed by atoms with van der Waals surface area (Å²) in [4.78, 5) is 0. The van der Waals surface area contributed by atoms with Crippen LogP contribution in [0.5, 0.6) is 5.75 Å². The SMILES string of the molecule is CCn1nc(COc2ccccc2)cc1N. The van der Waals surface area contributed by atoms with Crippen LogP contribution in [0.4, 0.5) is 5.82 Å². The summed E-state index contributed by atoms with van der Waals surface area (Å²) in [5.41, 5.74) is 6.62. The molecule has 0 amide bonds. The smallest absolute Gasteiger partial charge is 0.132 e. The highest BCUT2D eigenvalue weighted by atomic mass is 16.5. The Labute approximate surface area is 94.6 Å². The molecule has 0 unspecified atom stereocenters. The molecule has 2 aromatic rings. The Bertz CT molecular complexity index is 451. The van der Waals surface area contributed by atoms with Gasteiger partial charge >= 0.3 is 0 Å². The number of ether oxygens (including phenoxy) is 1. The third-order valence-electron chi connectivity index (χ3n) is 2.29. The molecule has 0 aliphatic rings. The lowest BCUT2D eigenvalue weighted by atomic mass is 10.3. The van der Waals surface area contributed by atoms with Crippen molar-refractivity contribution in [3.8, 4) is 5.75 Å². The van der Waals surface area contributed by atoms with Gasteiger partial charge < -0.3 is 10.5 Å². The van der Waals surface area contributed by atoms with Crippen LogP contribution in [0.2, 0.25) is 0 Å². The van der Waals surface area contributed by atoms with Crippen LogP contribution in [0.15, 0.2) is 36.4 Å². The molecule has 0 saturated carbocycles. The fourth-order valence-electron chi connectivity index (χ4n) is 1.48. The molecule has 0 aliphatic heterocycles. The molecule has 4 nitrogen and oxygen atoms in total. The van der Waals surface area contributed by atoms with E-state index in [0.29, 0.717) is 12.4 Å². The fraction of sp³-hybridized carbons (Fsp3) is 0.250. The van der Waals surface area contributed by atoms with Gasteiger partial charge in [-0.25, -0.2) is 0 Å². The summed E-state index contributed by atoms with van der Waals surface area (Å²) in [5.74, 6) is 1.52. The van der Waals surface area contributed by atoms with Crippen LogP contribution in [0.3, 0.4) is 0 Å². The lowest BCUT2D eigenvalue weighted by Gasteiger charge is -2.02. The Morgan fingerprint density at radius 3 is 2.69 bits per heavy atom. The Morgan fingerprint density at radius 2 is 2.06 bits per heavy atom. The van der Waals surface area contributed by atoms with Crippen molar-refractivity contribution in [2.45, 2.75) is 20.1 Å². The van der Waals surface area contributed by atoms with Crippen LogP contribution in [-0.2, 0) is 13.2 Å². The minimum atomic E-state index is 0.446. The number of para-hydroxylation sites is 1. The Hall–Kier alpha value is -1.97. The quantitative estimate of drug-likeness (QED) is 0.852. The van der Waals surface area contributed by atoms with Gasteiger partial charge in [-0.3, -0.25) is 4.68 Å². The third kappa shape index (κ3) is 2.34. The lowest BCUT2D eigenvalue weighted by Crippen LogP contribution is -2.02. The average molecular weight is 217 g/mol. The molecular weight excluding hydrogens is 202 g/mol. The van der Waals surface area contributed by atoms with Crippen molar-refractivity contribution in [2.24, 2.45) is 0 Å². The number of nitrogens with two attached hydrogens (primary N) is 1. The molecule has 0 saturated heterocycles. The van der Waals surface area contributed by atoms with Gasteiger partial charge in [0.1, 0.15) is 23.9 Å². The first kappa shape index (κ1) is 10.5. The molecule has 0 atom stereocenters. The number of rotatable bonds is 4. The Morgan fingerprint density at radius 1 is 1.31 bits per heavy atom. The van der Waals surface area contributed by atoms with Crippen LogP contribution < -0.4 is 10.5 Å². The fourth-order valence-corrected chi connectivity index (χ4v) is 1.48. The van der Waals surface area contributed by atoms with E-state index in [-0.39, 0.29) is 0 Å². The van der Waals surface area contributed by atoms with Crippen molar-refractivity contribution in [3.05, 3.63) is 42.1 Å². The number of hydrogen-bond donors (Lipinski definition) is 1. The normalized spacial score (nSPS) is 10.3. The highest BCUT2D eigenvalue weighted by Crippen LogP contribution is 2.12. The summed E-state index contributed by atoms with van der Waals surface area (Å²) in [6, 6.07) is 11.5. The van der Waals surface area contributed by atoms with E-state index in [9.17, 15) is 0 Å². The lowest BCUT2D eigenvalue weighted by molar-refractivity contribution is 0.299. The van der Waals surface area contributed by atoms with Crippen molar-refractivity contribution in [2.75, 3.05) is 5.73 Å². The summed E-state index contributed by atoms with van der Waals surface area (Å²) in [7, 11) is 0. The molecule has 1 aromatic carbocycles. The number of anilines is 1. The highest BCUT2D eigenvalue weighted by molar-refractivity contribution is 5.31. The maximum atomic E-state index is 5.77. The van der Waals surface area contributed by atoms with Crippen molar-refractivity contribution < 1.29 is 4.74 Å². The van der Waals surface area contributed by atoms with E-state index in [0.717, 1.165) is 18.0 Å². The molecule has 1 aromatic heterocycles. The zero-order valence-electron chi connectivity index (χ0n) is 9.26. The molecule has 1 heterocycles. The van der Waals surface area contributed by atoms with E-state index >= 15 is 0 Å². The maximum Gasteiger partial charge on any atom is 0.132 e. The molecule has 0 fully saturated rings. The molecule has 16 heavy (non-hydrogen) atoms. The van der Waals surface area contributed by atoms with Crippen LogP contribution in [0.25, 0.3) is 0 Å². The predicted octanol–water partition coefficient (Wildman–Crippen LogP) is 2.06. The van der Waals surface area contributed by atoms with Gasteiger partial charge in [-0.1, -0.05) is 18.2 Å². The second-order valence-corrected chi connectivity index (χ2v) is 3.48. The van der Waals surface area contributed by atoms with Gasteiger partial charge in [0.2, 0.25) is 0 Å². The Kier molecular flexibility index (Phi) is 3.10. The number of benzene rings is 1. The van der Waals surface area contributed by atoms with E-state index in [1.807, 2.05) is 43.3 Å². The monoisotopic (exact) mass is 217 g/mol. The number of nitrogen functional groups attached to an aromatic ring is 1. The van der Waals surface area contributed by atoms with Gasteiger partial charge in [-0.15, -0.1) is 0 Å². The number of aryl methyl sites for hydroxylation is 1. The van der Waals surface area contributed by atoms with E-state index in [2.05, 4.69) is 5.10 Å². The molecule has 0 bridgehead atoms. The minimum absolute atomic E-state index is 0.446. The van der Waals surface area contributed by atoms with Gasteiger partial charge in [0.05, 0.1) is 0 Å². The second-order valence-electron chi connectivity index (χ2n) is 3.48. The van der Waals surface area contributed by atoms with Crippen molar-refractivity contribution in [1.82, 2.24) is 9.78 Å². The molecule has 4 heteroatoms. The number of nitrogens with zero attached hydrogens (tertiary/aromatic N) is 2. The van der Waals surface area contributed by atoms with Crippen molar-refractivity contribution in [1.29, 1.82) is 0 Å². The molecule has 0 radical (unpaired) electrons. The number of aromatic nitrogens is 2. The summed E-state index contributed by atoms with van der Waals surface area (Å²) in [5, 5.41) is 4.31. The molecule has 0 spiro atoms. The number of hydrogen-bond acceptors (Lipinski definition) is 3. The van der Waals surface area contributed by atoms with Crippen molar-refractivity contribution >= 4 is 5.82 Å². The van der Waals surface area contributed by atoms with Crippen LogP contribution in [-0.4, -0.2) is 9.78 Å². The molecule has 2 rings (SSSR count). The van der Waals surface area contributed by atoms with Gasteiger partial charge in [0.25, 0.3) is 0 Å². The van der Waals surface area contributed by atoms with Crippen LogP contribution >= 0.6 is 0 Å². The van der Waals surface area contributed by atoms with Crippen LogP contribution in [0.1, 0.15) is 12.6 Å². The minimum Gasteiger partial charge on any atom is -0.487 e. The van der Waals surface area contributed by atoms with E-state index in [1.165, 1.54) is 0 Å². The molecule has 0 aliphatic carbocycles. The molecule has 2 N–H and O–H groups in total. The average Bonchev–Trinajstić information content (AvgIpc) is 2.69. The summed E-state index contributed by atoms with van der Waals surface area (Å²) < 4.78 is 7.33. The van der Waals surface area contributed by atoms with Gasteiger partial charge in [0.15, 0.2) is 0 Å². The second kappa shape index (κ2) is 4.70. The summed E-state index contributed by atoms with van der Waals surface area (Å²) in [6.07, 6.45) is 0. The maximum absolute atomic E-state index is 5.77. The zero-order valence-corrected chi connectivity index (χ0v) is 9.26. The topological polar surface area (TPSA) is 53.1 Å². The zero-order chi connectivity index (χ0) is 11.4. The first-order valence-corrected chi connectivity index (χ1v) is 5.29. The first-order valence-electron chi connectivity index (χ1n) is 5.29. The molecular formula is C12H15N3O.